The minimum atomic E-state index is -1.62. The van der Waals surface area contributed by atoms with Gasteiger partial charge in [-0.25, -0.2) is 0 Å². The summed E-state index contributed by atoms with van der Waals surface area (Å²) in [4.78, 5) is 19.9. The number of carbonyl (C=O) groups is 1. The molecular formula is C7H7ClN2O4. The molecule has 0 aliphatic heterocycles. The van der Waals surface area contributed by atoms with Crippen LogP contribution < -0.4 is 11.3 Å². The van der Waals surface area contributed by atoms with Crippen LogP contribution in [0.25, 0.3) is 0 Å². The molecular weight excluding hydrogens is 212 g/mol. The van der Waals surface area contributed by atoms with Crippen LogP contribution in [0.4, 0.5) is 5.69 Å². The highest BCUT2D eigenvalue weighted by Gasteiger charge is 2.13. The summed E-state index contributed by atoms with van der Waals surface area (Å²) in [7, 11) is 0. The second kappa shape index (κ2) is 4.54. The minimum absolute atomic E-state index is 0. The molecule has 1 rings (SSSR count). The van der Waals surface area contributed by atoms with Gasteiger partial charge in [-0.05, 0) is 12.1 Å². The van der Waals surface area contributed by atoms with E-state index in [-0.39, 0.29) is 11.2 Å². The van der Waals surface area contributed by atoms with E-state index >= 15 is 0 Å². The number of benzene rings is 1. The van der Waals surface area contributed by atoms with Crippen molar-refractivity contribution in [3.63, 3.8) is 0 Å². The van der Waals surface area contributed by atoms with Crippen molar-refractivity contribution in [2.45, 2.75) is 0 Å². The Hall–Kier alpha value is -1.66. The predicted octanol–water partition coefficient (Wildman–Crippen LogP) is 0.988. The topological polar surface area (TPSA) is 120 Å². The lowest BCUT2D eigenvalue weighted by Gasteiger charge is -2.03. The first-order valence-electron chi connectivity index (χ1n) is 3.17. The van der Waals surface area contributed by atoms with E-state index < -0.39 is 22.1 Å². The van der Waals surface area contributed by atoms with Crippen molar-refractivity contribution in [1.82, 2.24) is 6.15 Å². The average molecular weight is 219 g/mol. The third-order valence-corrected chi connectivity index (χ3v) is 1.61. The molecule has 0 saturated heterocycles. The van der Waals surface area contributed by atoms with Crippen LogP contribution in [0, 0.1) is 10.1 Å². The van der Waals surface area contributed by atoms with Crippen LogP contribution in [0.5, 0.6) is 0 Å². The van der Waals surface area contributed by atoms with Crippen LogP contribution in [0.3, 0.4) is 0 Å². The number of nitro benzene ring substituents is 1. The Labute approximate surface area is 83.8 Å². The number of quaternary nitrogens is 1. The maximum atomic E-state index is 10.4. The zero-order chi connectivity index (χ0) is 10.0. The largest absolute Gasteiger partial charge is 0.545 e. The molecule has 7 heteroatoms. The van der Waals surface area contributed by atoms with Gasteiger partial charge < -0.3 is 16.1 Å². The van der Waals surface area contributed by atoms with E-state index in [9.17, 15) is 20.0 Å². The molecule has 0 saturated carbocycles. The summed E-state index contributed by atoms with van der Waals surface area (Å²) in [5.41, 5.74) is -1.04. The zero-order valence-electron chi connectivity index (χ0n) is 7.19. The highest BCUT2D eigenvalue weighted by molar-refractivity contribution is 6.31. The van der Waals surface area contributed by atoms with Crippen LogP contribution in [-0.2, 0) is 0 Å². The smallest absolute Gasteiger partial charge is 0.278 e. The standard InChI is InChI=1S/C7H4ClNO4.H3N/c8-4-1-2-6(9(12)13)5(3-4)7(10)11;/h1-3H,(H,10,11);1H3. The van der Waals surface area contributed by atoms with Gasteiger partial charge in [0.05, 0.1) is 16.5 Å². The molecule has 1 aromatic rings. The molecule has 0 amide bonds. The Morgan fingerprint density at radius 1 is 1.43 bits per heavy atom. The summed E-state index contributed by atoms with van der Waals surface area (Å²) in [5.74, 6) is -1.62. The van der Waals surface area contributed by atoms with Gasteiger partial charge in [-0.15, -0.1) is 0 Å². The molecule has 0 aliphatic rings. The SMILES string of the molecule is O=C([O-])c1cc(Cl)ccc1[N+](=O)[O-].[NH4+]. The lowest BCUT2D eigenvalue weighted by atomic mass is 10.2. The van der Waals surface area contributed by atoms with E-state index in [1.165, 1.54) is 6.07 Å². The summed E-state index contributed by atoms with van der Waals surface area (Å²) >= 11 is 5.45. The van der Waals surface area contributed by atoms with Crippen LogP contribution in [0.15, 0.2) is 18.2 Å². The van der Waals surface area contributed by atoms with Crippen LogP contribution >= 0.6 is 11.6 Å². The molecule has 0 radical (unpaired) electrons. The van der Waals surface area contributed by atoms with Gasteiger partial charge in [0.15, 0.2) is 0 Å². The number of hydrogen-bond acceptors (Lipinski definition) is 4. The van der Waals surface area contributed by atoms with Crippen LogP contribution in [0.1, 0.15) is 10.4 Å². The van der Waals surface area contributed by atoms with E-state index in [4.69, 9.17) is 11.6 Å². The molecule has 76 valence electrons. The number of carboxylic acids is 1. The lowest BCUT2D eigenvalue weighted by Crippen LogP contribution is -2.23. The summed E-state index contributed by atoms with van der Waals surface area (Å²) < 4.78 is 0. The van der Waals surface area contributed by atoms with Gasteiger partial charge in [0.25, 0.3) is 5.69 Å². The molecule has 1 aromatic carbocycles. The van der Waals surface area contributed by atoms with Crippen LogP contribution in [0.2, 0.25) is 5.02 Å². The van der Waals surface area contributed by atoms with Crippen molar-refractivity contribution in [2.75, 3.05) is 0 Å². The third kappa shape index (κ3) is 2.41. The Kier molecular flexibility index (Phi) is 4.00. The number of rotatable bonds is 2. The highest BCUT2D eigenvalue weighted by Crippen LogP contribution is 2.21. The normalized spacial score (nSPS) is 8.93. The first kappa shape index (κ1) is 12.3. The van der Waals surface area contributed by atoms with E-state index in [0.29, 0.717) is 0 Å². The van der Waals surface area contributed by atoms with Crippen molar-refractivity contribution in [1.29, 1.82) is 0 Å². The molecule has 0 aromatic heterocycles. The number of nitro groups is 1. The van der Waals surface area contributed by atoms with E-state index in [1.54, 1.807) is 0 Å². The fourth-order valence-electron chi connectivity index (χ4n) is 0.831. The maximum absolute atomic E-state index is 10.4. The van der Waals surface area contributed by atoms with Gasteiger partial charge >= 0.3 is 0 Å². The van der Waals surface area contributed by atoms with Crippen molar-refractivity contribution in [2.24, 2.45) is 0 Å². The molecule has 14 heavy (non-hydrogen) atoms. The second-order valence-corrected chi connectivity index (χ2v) is 2.64. The summed E-state index contributed by atoms with van der Waals surface area (Å²) in [5, 5.41) is 20.8. The number of halogens is 1. The van der Waals surface area contributed by atoms with Crippen molar-refractivity contribution >= 4 is 23.3 Å². The summed E-state index contributed by atoms with van der Waals surface area (Å²) in [6.45, 7) is 0. The van der Waals surface area contributed by atoms with Gasteiger partial charge in [-0.3, -0.25) is 10.1 Å². The number of hydrogen-bond donors (Lipinski definition) is 1. The Morgan fingerprint density at radius 3 is 2.43 bits per heavy atom. The number of nitrogens with zero attached hydrogens (tertiary/aromatic N) is 1. The molecule has 0 spiro atoms. The minimum Gasteiger partial charge on any atom is -0.545 e. The van der Waals surface area contributed by atoms with Gasteiger partial charge in [0, 0.05) is 11.1 Å². The lowest BCUT2D eigenvalue weighted by molar-refractivity contribution is -0.385. The summed E-state index contributed by atoms with van der Waals surface area (Å²) in [6, 6.07) is 3.24. The summed E-state index contributed by atoms with van der Waals surface area (Å²) in [6.07, 6.45) is 0. The Morgan fingerprint density at radius 2 is 2.00 bits per heavy atom. The Balaban J connectivity index is 0.00000169. The molecule has 0 bridgehead atoms. The first-order chi connectivity index (χ1) is 6.02. The third-order valence-electron chi connectivity index (χ3n) is 1.38. The quantitative estimate of drug-likeness (QED) is 0.588. The fraction of sp³-hybridized carbons (Fsp3) is 0. The van der Waals surface area contributed by atoms with Crippen molar-refractivity contribution in [3.8, 4) is 0 Å². The zero-order valence-corrected chi connectivity index (χ0v) is 7.95. The molecule has 0 fully saturated rings. The number of aromatic carboxylic acids is 1. The highest BCUT2D eigenvalue weighted by atomic mass is 35.5. The van der Waals surface area contributed by atoms with Gasteiger partial charge in [0.2, 0.25) is 0 Å². The van der Waals surface area contributed by atoms with Gasteiger partial charge in [0.1, 0.15) is 0 Å². The molecule has 0 atom stereocenters. The van der Waals surface area contributed by atoms with Crippen LogP contribution in [-0.4, -0.2) is 10.9 Å². The van der Waals surface area contributed by atoms with Gasteiger partial charge in [-0.1, -0.05) is 11.6 Å². The average Bonchev–Trinajstić information content (AvgIpc) is 2.03. The number of carboxylic acid groups (broad SMARTS) is 1. The van der Waals surface area contributed by atoms with E-state index in [1.807, 2.05) is 0 Å². The van der Waals surface area contributed by atoms with E-state index in [0.717, 1.165) is 12.1 Å². The first-order valence-corrected chi connectivity index (χ1v) is 3.55. The second-order valence-electron chi connectivity index (χ2n) is 2.21. The number of carbonyl (C=O) groups excluding carboxylic acids is 1. The van der Waals surface area contributed by atoms with Gasteiger partial charge in [-0.2, -0.15) is 0 Å². The molecule has 6 nitrogen and oxygen atoms in total. The molecule has 0 unspecified atom stereocenters. The van der Waals surface area contributed by atoms with Crippen molar-refractivity contribution in [3.05, 3.63) is 38.9 Å². The maximum Gasteiger partial charge on any atom is 0.278 e. The monoisotopic (exact) mass is 218 g/mol. The molecule has 4 N–H and O–H groups in total. The Bertz CT molecular complexity index is 380. The van der Waals surface area contributed by atoms with E-state index in [2.05, 4.69) is 0 Å². The molecule has 0 heterocycles. The van der Waals surface area contributed by atoms with Crippen molar-refractivity contribution < 1.29 is 14.8 Å². The molecule has 0 aliphatic carbocycles. The fourth-order valence-corrected chi connectivity index (χ4v) is 1.00. The predicted molar refractivity (Wildman–Crippen MR) is 48.4 cm³/mol.